The minimum Gasteiger partial charge on any atom is -0.241 e. The number of rotatable bonds is 5. The molecule has 0 aliphatic heterocycles. The van der Waals surface area contributed by atoms with Gasteiger partial charge in [-0.2, -0.15) is 13.2 Å². The van der Waals surface area contributed by atoms with E-state index in [-0.39, 0.29) is 6.54 Å². The molecule has 0 saturated heterocycles. The standard InChI is InChI=1S/C19H17F3N2O2S2/c1-12-7-3-4-8-14(12)18-24-13(2)16(27-18)11-23-28(25,26)17-10-6-5-9-15(17)19(20,21)22/h3-10,23H,11H2,1-2H3. The number of nitrogens with zero attached hydrogens (tertiary/aromatic N) is 1. The van der Waals surface area contributed by atoms with E-state index in [0.717, 1.165) is 34.3 Å². The average molecular weight is 426 g/mol. The first kappa shape index (κ1) is 20.5. The summed E-state index contributed by atoms with van der Waals surface area (Å²) >= 11 is 1.31. The Morgan fingerprint density at radius 1 is 1.04 bits per heavy atom. The Hall–Kier alpha value is -2.23. The van der Waals surface area contributed by atoms with Gasteiger partial charge in [0.15, 0.2) is 0 Å². The summed E-state index contributed by atoms with van der Waals surface area (Å²) in [6.07, 6.45) is -4.76. The van der Waals surface area contributed by atoms with Crippen LogP contribution < -0.4 is 4.72 Å². The molecule has 2 aromatic carbocycles. The van der Waals surface area contributed by atoms with Crippen molar-refractivity contribution >= 4 is 21.4 Å². The van der Waals surface area contributed by atoms with E-state index in [4.69, 9.17) is 0 Å². The number of benzene rings is 2. The molecule has 0 unspecified atom stereocenters. The van der Waals surface area contributed by atoms with Crippen LogP contribution in [0.2, 0.25) is 0 Å². The number of sulfonamides is 1. The molecule has 0 radical (unpaired) electrons. The lowest BCUT2D eigenvalue weighted by Gasteiger charge is -2.13. The maximum atomic E-state index is 13.1. The zero-order valence-corrected chi connectivity index (χ0v) is 16.7. The largest absolute Gasteiger partial charge is 0.417 e. The van der Waals surface area contributed by atoms with Crippen molar-refractivity contribution in [3.63, 3.8) is 0 Å². The van der Waals surface area contributed by atoms with Crippen LogP contribution in [0.4, 0.5) is 13.2 Å². The van der Waals surface area contributed by atoms with Crippen LogP contribution in [0.15, 0.2) is 53.4 Å². The smallest absolute Gasteiger partial charge is 0.241 e. The molecule has 0 saturated carbocycles. The van der Waals surface area contributed by atoms with Gasteiger partial charge >= 0.3 is 6.18 Å². The van der Waals surface area contributed by atoms with Crippen LogP contribution in [-0.2, 0) is 22.7 Å². The predicted molar refractivity (Wildman–Crippen MR) is 102 cm³/mol. The summed E-state index contributed by atoms with van der Waals surface area (Å²) in [6.45, 7) is 3.55. The molecular weight excluding hydrogens is 409 g/mol. The van der Waals surface area contributed by atoms with E-state index < -0.39 is 26.7 Å². The molecule has 0 aliphatic carbocycles. The highest BCUT2D eigenvalue weighted by Gasteiger charge is 2.36. The van der Waals surface area contributed by atoms with Gasteiger partial charge < -0.3 is 0 Å². The van der Waals surface area contributed by atoms with Crippen molar-refractivity contribution in [1.82, 2.24) is 9.71 Å². The minimum absolute atomic E-state index is 0.135. The second-order valence-electron chi connectivity index (χ2n) is 6.16. The van der Waals surface area contributed by atoms with Gasteiger partial charge in [-0.15, -0.1) is 11.3 Å². The molecule has 1 heterocycles. The van der Waals surface area contributed by atoms with E-state index in [1.54, 1.807) is 6.92 Å². The summed E-state index contributed by atoms with van der Waals surface area (Å²) in [7, 11) is -4.34. The molecule has 0 atom stereocenters. The fraction of sp³-hybridized carbons (Fsp3) is 0.211. The molecule has 0 fully saturated rings. The lowest BCUT2D eigenvalue weighted by molar-refractivity contribution is -0.139. The Morgan fingerprint density at radius 2 is 1.68 bits per heavy atom. The normalized spacial score (nSPS) is 12.3. The maximum Gasteiger partial charge on any atom is 0.417 e. The summed E-state index contributed by atoms with van der Waals surface area (Å²) < 4.78 is 66.6. The van der Waals surface area contributed by atoms with E-state index in [1.807, 2.05) is 31.2 Å². The molecule has 0 amide bonds. The van der Waals surface area contributed by atoms with Gasteiger partial charge in [-0.1, -0.05) is 36.4 Å². The molecule has 9 heteroatoms. The van der Waals surface area contributed by atoms with Crippen LogP contribution in [0, 0.1) is 13.8 Å². The molecule has 0 aliphatic rings. The summed E-state index contributed by atoms with van der Waals surface area (Å²) in [5, 5.41) is 0.737. The number of alkyl halides is 3. The monoisotopic (exact) mass is 426 g/mol. The van der Waals surface area contributed by atoms with Gasteiger partial charge in [-0.3, -0.25) is 0 Å². The highest BCUT2D eigenvalue weighted by Crippen LogP contribution is 2.34. The third-order valence-electron chi connectivity index (χ3n) is 4.17. The molecule has 3 rings (SSSR count). The summed E-state index contributed by atoms with van der Waals surface area (Å²) in [5.74, 6) is 0. The average Bonchev–Trinajstić information content (AvgIpc) is 3.00. The molecular formula is C19H17F3N2O2S2. The van der Waals surface area contributed by atoms with Gasteiger partial charge in [0.1, 0.15) is 5.01 Å². The van der Waals surface area contributed by atoms with Gasteiger partial charge in [0, 0.05) is 17.0 Å². The van der Waals surface area contributed by atoms with Gasteiger partial charge in [-0.05, 0) is 31.5 Å². The topological polar surface area (TPSA) is 59.1 Å². The van der Waals surface area contributed by atoms with Gasteiger partial charge in [0.2, 0.25) is 10.0 Å². The van der Waals surface area contributed by atoms with Crippen LogP contribution in [0.5, 0.6) is 0 Å². The zero-order valence-electron chi connectivity index (χ0n) is 15.0. The minimum atomic E-state index is -4.76. The van der Waals surface area contributed by atoms with E-state index in [1.165, 1.54) is 17.4 Å². The fourth-order valence-electron chi connectivity index (χ4n) is 2.69. The Kier molecular flexibility index (Phi) is 5.60. The van der Waals surface area contributed by atoms with Gasteiger partial charge in [0.25, 0.3) is 0 Å². The molecule has 28 heavy (non-hydrogen) atoms. The van der Waals surface area contributed by atoms with Crippen molar-refractivity contribution in [2.45, 2.75) is 31.5 Å². The molecule has 0 spiro atoms. The van der Waals surface area contributed by atoms with Crippen molar-refractivity contribution in [2.24, 2.45) is 0 Å². The number of nitrogens with one attached hydrogen (secondary N) is 1. The molecule has 3 aromatic rings. The Balaban J connectivity index is 1.86. The van der Waals surface area contributed by atoms with Crippen molar-refractivity contribution in [3.05, 3.63) is 70.2 Å². The quantitative estimate of drug-likeness (QED) is 0.630. The zero-order chi connectivity index (χ0) is 20.5. The molecule has 0 bridgehead atoms. The number of thiazole rings is 1. The number of hydrogen-bond acceptors (Lipinski definition) is 4. The third-order valence-corrected chi connectivity index (χ3v) is 6.82. The number of aromatic nitrogens is 1. The number of hydrogen-bond donors (Lipinski definition) is 1. The fourth-order valence-corrected chi connectivity index (χ4v) is 5.10. The lowest BCUT2D eigenvalue weighted by atomic mass is 10.1. The number of aryl methyl sites for hydroxylation is 2. The predicted octanol–water partition coefficient (Wildman–Crippen LogP) is 4.92. The van der Waals surface area contributed by atoms with Crippen molar-refractivity contribution in [2.75, 3.05) is 0 Å². The third kappa shape index (κ3) is 4.26. The van der Waals surface area contributed by atoms with Gasteiger partial charge in [0.05, 0.1) is 16.2 Å². The lowest BCUT2D eigenvalue weighted by Crippen LogP contribution is -2.26. The van der Waals surface area contributed by atoms with Gasteiger partial charge in [-0.25, -0.2) is 18.1 Å². The Labute approximate surface area is 165 Å². The Bertz CT molecular complexity index is 1110. The summed E-state index contributed by atoms with van der Waals surface area (Å²) in [6, 6.07) is 11.8. The van der Waals surface area contributed by atoms with E-state index in [0.29, 0.717) is 10.6 Å². The SMILES string of the molecule is Cc1ccccc1-c1nc(C)c(CNS(=O)(=O)c2ccccc2C(F)(F)F)s1. The van der Waals surface area contributed by atoms with Crippen LogP contribution in [0.1, 0.15) is 21.7 Å². The van der Waals surface area contributed by atoms with Crippen LogP contribution >= 0.6 is 11.3 Å². The van der Waals surface area contributed by atoms with Crippen LogP contribution in [-0.4, -0.2) is 13.4 Å². The van der Waals surface area contributed by atoms with E-state index >= 15 is 0 Å². The summed E-state index contributed by atoms with van der Waals surface area (Å²) in [5.41, 5.74) is 1.41. The second-order valence-corrected chi connectivity index (χ2v) is 8.98. The van der Waals surface area contributed by atoms with E-state index in [2.05, 4.69) is 9.71 Å². The maximum absolute atomic E-state index is 13.1. The first-order chi connectivity index (χ1) is 13.1. The van der Waals surface area contributed by atoms with Crippen molar-refractivity contribution in [1.29, 1.82) is 0 Å². The first-order valence-corrected chi connectivity index (χ1v) is 10.6. The molecule has 4 nitrogen and oxygen atoms in total. The van der Waals surface area contributed by atoms with Crippen molar-refractivity contribution in [3.8, 4) is 10.6 Å². The number of halogens is 3. The molecule has 1 aromatic heterocycles. The van der Waals surface area contributed by atoms with Crippen molar-refractivity contribution < 1.29 is 21.6 Å². The first-order valence-electron chi connectivity index (χ1n) is 8.28. The van der Waals surface area contributed by atoms with Crippen LogP contribution in [0.25, 0.3) is 10.6 Å². The second kappa shape index (κ2) is 7.65. The molecule has 148 valence electrons. The Morgan fingerprint density at radius 3 is 2.36 bits per heavy atom. The highest BCUT2D eigenvalue weighted by atomic mass is 32.2. The van der Waals surface area contributed by atoms with Crippen LogP contribution in [0.3, 0.4) is 0 Å². The van der Waals surface area contributed by atoms with E-state index in [9.17, 15) is 21.6 Å². The molecule has 1 N–H and O–H groups in total. The highest BCUT2D eigenvalue weighted by molar-refractivity contribution is 7.89. The summed E-state index contributed by atoms with van der Waals surface area (Å²) in [4.78, 5) is 4.33.